The lowest BCUT2D eigenvalue weighted by molar-refractivity contribution is -0.124. The quantitative estimate of drug-likeness (QED) is 0.778. The molecule has 0 saturated heterocycles. The first kappa shape index (κ1) is 15.5. The normalized spacial score (nSPS) is 13.7. The number of nitrogens with one attached hydrogen (secondary N) is 1. The summed E-state index contributed by atoms with van der Waals surface area (Å²) in [6.07, 6.45) is 0. The van der Waals surface area contributed by atoms with Gasteiger partial charge < -0.3 is 20.5 Å². The van der Waals surface area contributed by atoms with Crippen molar-refractivity contribution in [2.75, 3.05) is 20.3 Å². The first-order valence-electron chi connectivity index (χ1n) is 6.29. The maximum absolute atomic E-state index is 11.6. The zero-order chi connectivity index (χ0) is 14.3. The van der Waals surface area contributed by atoms with Gasteiger partial charge in [0.25, 0.3) is 5.91 Å². The third-order valence-corrected chi connectivity index (χ3v) is 2.60. The molecule has 106 valence electrons. The number of amides is 1. The summed E-state index contributed by atoms with van der Waals surface area (Å²) in [4.78, 5) is 11.6. The van der Waals surface area contributed by atoms with Gasteiger partial charge in [0.15, 0.2) is 6.61 Å². The van der Waals surface area contributed by atoms with E-state index >= 15 is 0 Å². The Morgan fingerprint density at radius 3 is 2.47 bits per heavy atom. The van der Waals surface area contributed by atoms with Crippen molar-refractivity contribution in [2.24, 2.45) is 5.73 Å². The minimum atomic E-state index is -0.166. The Morgan fingerprint density at radius 2 is 1.95 bits per heavy atom. The largest absolute Gasteiger partial charge is 0.484 e. The topological polar surface area (TPSA) is 73.6 Å². The van der Waals surface area contributed by atoms with E-state index in [0.717, 1.165) is 5.56 Å². The summed E-state index contributed by atoms with van der Waals surface area (Å²) in [5.74, 6) is 0.486. The van der Waals surface area contributed by atoms with Crippen molar-refractivity contribution in [3.05, 3.63) is 29.8 Å². The summed E-state index contributed by atoms with van der Waals surface area (Å²) in [7, 11) is 1.60. The number of methoxy groups -OCH3 is 1. The molecule has 0 radical (unpaired) electrons. The maximum atomic E-state index is 11.6. The van der Waals surface area contributed by atoms with Gasteiger partial charge in [0.1, 0.15) is 5.75 Å². The maximum Gasteiger partial charge on any atom is 0.258 e. The molecular formula is C14H22N2O3. The molecule has 0 spiro atoms. The van der Waals surface area contributed by atoms with Crippen molar-refractivity contribution in [2.45, 2.75) is 25.9 Å². The van der Waals surface area contributed by atoms with Crippen LogP contribution in [0.25, 0.3) is 0 Å². The Labute approximate surface area is 114 Å². The number of benzene rings is 1. The summed E-state index contributed by atoms with van der Waals surface area (Å²) < 4.78 is 10.3. The Bertz CT molecular complexity index is 390. The molecule has 1 aromatic carbocycles. The number of hydrogen-bond donors (Lipinski definition) is 2. The van der Waals surface area contributed by atoms with Crippen LogP contribution in [0.1, 0.15) is 25.5 Å². The van der Waals surface area contributed by atoms with Gasteiger partial charge in [-0.25, -0.2) is 0 Å². The van der Waals surface area contributed by atoms with E-state index in [1.807, 2.05) is 38.1 Å². The molecule has 5 nitrogen and oxygen atoms in total. The molecule has 0 aliphatic carbocycles. The van der Waals surface area contributed by atoms with Crippen LogP contribution in [-0.4, -0.2) is 32.3 Å². The average Bonchev–Trinajstić information content (AvgIpc) is 2.37. The van der Waals surface area contributed by atoms with E-state index in [4.69, 9.17) is 15.2 Å². The van der Waals surface area contributed by atoms with Crippen LogP contribution >= 0.6 is 0 Å². The van der Waals surface area contributed by atoms with Gasteiger partial charge in [-0.1, -0.05) is 12.1 Å². The van der Waals surface area contributed by atoms with E-state index < -0.39 is 0 Å². The summed E-state index contributed by atoms with van der Waals surface area (Å²) in [6.45, 7) is 4.26. The number of rotatable bonds is 7. The molecule has 0 heterocycles. The van der Waals surface area contributed by atoms with Crippen molar-refractivity contribution in [1.82, 2.24) is 5.32 Å². The molecule has 0 aliphatic rings. The summed E-state index contributed by atoms with van der Waals surface area (Å²) in [6, 6.07) is 7.38. The van der Waals surface area contributed by atoms with E-state index in [2.05, 4.69) is 5.32 Å². The molecule has 1 rings (SSSR count). The molecule has 0 fully saturated rings. The van der Waals surface area contributed by atoms with Crippen LogP contribution in [0.15, 0.2) is 24.3 Å². The van der Waals surface area contributed by atoms with Crippen LogP contribution in [0.3, 0.4) is 0 Å². The fourth-order valence-corrected chi connectivity index (χ4v) is 1.62. The minimum Gasteiger partial charge on any atom is -0.484 e. The van der Waals surface area contributed by atoms with Gasteiger partial charge in [-0.05, 0) is 31.5 Å². The first-order valence-corrected chi connectivity index (χ1v) is 6.29. The smallest absolute Gasteiger partial charge is 0.258 e. The van der Waals surface area contributed by atoms with Crippen LogP contribution in [-0.2, 0) is 9.53 Å². The average molecular weight is 266 g/mol. The second-order valence-electron chi connectivity index (χ2n) is 4.57. The molecule has 0 bridgehead atoms. The van der Waals surface area contributed by atoms with Crippen LogP contribution in [0.4, 0.5) is 0 Å². The lowest BCUT2D eigenvalue weighted by atomic mass is 10.1. The van der Waals surface area contributed by atoms with Crippen molar-refractivity contribution < 1.29 is 14.3 Å². The van der Waals surface area contributed by atoms with E-state index in [9.17, 15) is 4.79 Å². The minimum absolute atomic E-state index is 0.00718. The van der Waals surface area contributed by atoms with Gasteiger partial charge in [0.05, 0.1) is 6.61 Å². The Kier molecular flexibility index (Phi) is 6.32. The van der Waals surface area contributed by atoms with Crippen LogP contribution < -0.4 is 15.8 Å². The van der Waals surface area contributed by atoms with Crippen LogP contribution in [0, 0.1) is 0 Å². The Morgan fingerprint density at radius 1 is 1.32 bits per heavy atom. The predicted octanol–water partition coefficient (Wildman–Crippen LogP) is 1.24. The second kappa shape index (κ2) is 7.76. The highest BCUT2D eigenvalue weighted by Crippen LogP contribution is 2.15. The van der Waals surface area contributed by atoms with Gasteiger partial charge in [0.2, 0.25) is 0 Å². The zero-order valence-corrected chi connectivity index (χ0v) is 11.7. The third kappa shape index (κ3) is 5.72. The molecule has 2 unspecified atom stereocenters. The fourth-order valence-electron chi connectivity index (χ4n) is 1.62. The van der Waals surface area contributed by atoms with E-state index in [0.29, 0.717) is 12.4 Å². The molecule has 1 aromatic rings. The van der Waals surface area contributed by atoms with Gasteiger partial charge in [-0.15, -0.1) is 0 Å². The standard InChI is InChI=1S/C14H22N2O3/c1-10(8-18-3)16-14(17)9-19-13-6-4-12(5-7-13)11(2)15/h4-7,10-11H,8-9,15H2,1-3H3,(H,16,17). The summed E-state index contributed by atoms with van der Waals surface area (Å²) in [5, 5.41) is 2.77. The molecule has 1 amide bonds. The second-order valence-corrected chi connectivity index (χ2v) is 4.57. The van der Waals surface area contributed by atoms with E-state index in [-0.39, 0.29) is 24.6 Å². The highest BCUT2D eigenvalue weighted by molar-refractivity contribution is 5.77. The summed E-state index contributed by atoms with van der Waals surface area (Å²) in [5.41, 5.74) is 6.79. The van der Waals surface area contributed by atoms with Crippen molar-refractivity contribution >= 4 is 5.91 Å². The zero-order valence-electron chi connectivity index (χ0n) is 11.7. The van der Waals surface area contributed by atoms with Crippen molar-refractivity contribution in [1.29, 1.82) is 0 Å². The third-order valence-electron chi connectivity index (χ3n) is 2.60. The fraction of sp³-hybridized carbons (Fsp3) is 0.500. The van der Waals surface area contributed by atoms with Crippen molar-refractivity contribution in [3.8, 4) is 5.75 Å². The number of carbonyl (C=O) groups excluding carboxylic acids is 1. The SMILES string of the molecule is COCC(C)NC(=O)COc1ccc(C(C)N)cc1. The molecule has 3 N–H and O–H groups in total. The van der Waals surface area contributed by atoms with Crippen LogP contribution in [0.2, 0.25) is 0 Å². The molecule has 0 aromatic heterocycles. The number of ether oxygens (including phenoxy) is 2. The van der Waals surface area contributed by atoms with Gasteiger partial charge >= 0.3 is 0 Å². The molecule has 2 atom stereocenters. The number of hydrogen-bond acceptors (Lipinski definition) is 4. The highest BCUT2D eigenvalue weighted by Gasteiger charge is 2.07. The predicted molar refractivity (Wildman–Crippen MR) is 74.0 cm³/mol. The number of carbonyl (C=O) groups is 1. The summed E-state index contributed by atoms with van der Waals surface area (Å²) >= 11 is 0. The van der Waals surface area contributed by atoms with Gasteiger partial charge in [0, 0.05) is 19.2 Å². The van der Waals surface area contributed by atoms with Crippen LogP contribution in [0.5, 0.6) is 5.75 Å². The molecule has 0 saturated carbocycles. The Balaban J connectivity index is 2.37. The van der Waals surface area contributed by atoms with E-state index in [1.165, 1.54) is 0 Å². The first-order chi connectivity index (χ1) is 9.02. The lowest BCUT2D eigenvalue weighted by Crippen LogP contribution is -2.38. The molecular weight excluding hydrogens is 244 g/mol. The highest BCUT2D eigenvalue weighted by atomic mass is 16.5. The molecule has 19 heavy (non-hydrogen) atoms. The van der Waals surface area contributed by atoms with Gasteiger partial charge in [-0.2, -0.15) is 0 Å². The molecule has 0 aliphatic heterocycles. The van der Waals surface area contributed by atoms with Gasteiger partial charge in [-0.3, -0.25) is 4.79 Å². The molecule has 5 heteroatoms. The Hall–Kier alpha value is -1.59. The van der Waals surface area contributed by atoms with Crippen molar-refractivity contribution in [3.63, 3.8) is 0 Å². The number of nitrogens with two attached hydrogens (primary N) is 1. The van der Waals surface area contributed by atoms with E-state index in [1.54, 1.807) is 7.11 Å². The monoisotopic (exact) mass is 266 g/mol. The lowest BCUT2D eigenvalue weighted by Gasteiger charge is -2.13.